The number of aromatic nitrogens is 2. The highest BCUT2D eigenvalue weighted by molar-refractivity contribution is 9.11. The number of hydrogen-bond donors (Lipinski definition) is 1. The van der Waals surface area contributed by atoms with Crippen molar-refractivity contribution < 1.29 is 9.47 Å². The van der Waals surface area contributed by atoms with Gasteiger partial charge in [0.25, 0.3) is 0 Å². The number of H-pyrrole nitrogens is 1. The maximum absolute atomic E-state index is 5.44. The van der Waals surface area contributed by atoms with Crippen molar-refractivity contribution in [1.29, 1.82) is 0 Å². The number of rotatable bonds is 4. The molecule has 3 rings (SSSR count). The molecule has 0 aliphatic rings. The lowest BCUT2D eigenvalue weighted by atomic mass is 10.2. The average molecular weight is 385 g/mol. The maximum atomic E-state index is 5.44. The minimum Gasteiger partial charge on any atom is -0.493 e. The molecule has 2 aromatic heterocycles. The summed E-state index contributed by atoms with van der Waals surface area (Å²) in [6, 6.07) is 7.99. The minimum absolute atomic E-state index is 0.685. The van der Waals surface area contributed by atoms with Crippen molar-refractivity contribution in [3.63, 3.8) is 0 Å². The van der Waals surface area contributed by atoms with E-state index in [9.17, 15) is 0 Å². The fraction of sp³-hybridized carbons (Fsp3) is 0.214. The number of fused-ring (bicyclic) bond motifs is 1. The molecule has 0 aliphatic heterocycles. The van der Waals surface area contributed by atoms with E-state index in [0.29, 0.717) is 16.3 Å². The summed E-state index contributed by atoms with van der Waals surface area (Å²) < 4.78 is 14.6. The highest BCUT2D eigenvalue weighted by Crippen LogP contribution is 2.32. The van der Waals surface area contributed by atoms with Gasteiger partial charge in [-0.15, -0.1) is 11.3 Å². The molecule has 1 N–H and O–H groups in total. The summed E-state index contributed by atoms with van der Waals surface area (Å²) in [5.74, 6) is 1.38. The molecule has 0 unspecified atom stereocenters. The fourth-order valence-corrected chi connectivity index (χ4v) is 3.98. The van der Waals surface area contributed by atoms with Crippen molar-refractivity contribution in [3.8, 4) is 11.5 Å². The Kier molecular flexibility index (Phi) is 4.05. The Hall–Kier alpha value is -1.31. The second kappa shape index (κ2) is 5.82. The van der Waals surface area contributed by atoms with Crippen molar-refractivity contribution in [2.24, 2.45) is 0 Å². The van der Waals surface area contributed by atoms with E-state index < -0.39 is 0 Å². The first kappa shape index (κ1) is 14.6. The molecule has 0 saturated heterocycles. The minimum atomic E-state index is 0.685. The zero-order valence-corrected chi connectivity index (χ0v) is 14.7. The normalized spacial score (nSPS) is 11.0. The van der Waals surface area contributed by atoms with Gasteiger partial charge >= 0.3 is 0 Å². The van der Waals surface area contributed by atoms with E-state index in [4.69, 9.17) is 21.7 Å². The Morgan fingerprint density at radius 2 is 1.95 bits per heavy atom. The van der Waals surface area contributed by atoms with Gasteiger partial charge < -0.3 is 19.0 Å². The number of nitrogens with one attached hydrogen (secondary N) is 1. The van der Waals surface area contributed by atoms with Gasteiger partial charge in [0.2, 0.25) is 0 Å². The number of ether oxygens (including phenoxy) is 2. The molecule has 0 saturated carbocycles. The molecular formula is C14H13BrN2O2S2. The third-order valence-corrected chi connectivity index (χ3v) is 5.15. The predicted molar refractivity (Wildman–Crippen MR) is 91.3 cm³/mol. The second-order valence-electron chi connectivity index (χ2n) is 4.45. The Morgan fingerprint density at radius 1 is 1.24 bits per heavy atom. The molecule has 110 valence electrons. The number of nitrogens with zero attached hydrogens (tertiary/aromatic N) is 1. The molecule has 7 heteroatoms. The van der Waals surface area contributed by atoms with E-state index in [1.165, 1.54) is 4.88 Å². The monoisotopic (exact) mass is 384 g/mol. The van der Waals surface area contributed by atoms with Gasteiger partial charge in [-0.3, -0.25) is 0 Å². The number of benzene rings is 1. The van der Waals surface area contributed by atoms with Crippen LogP contribution >= 0.6 is 39.5 Å². The molecule has 4 nitrogen and oxygen atoms in total. The quantitative estimate of drug-likeness (QED) is 0.668. The summed E-state index contributed by atoms with van der Waals surface area (Å²) in [7, 11) is 3.25. The van der Waals surface area contributed by atoms with E-state index in [2.05, 4.69) is 31.5 Å². The van der Waals surface area contributed by atoms with Gasteiger partial charge in [-0.1, -0.05) is 0 Å². The van der Waals surface area contributed by atoms with Crippen LogP contribution in [-0.2, 0) is 6.54 Å². The van der Waals surface area contributed by atoms with Crippen LogP contribution in [0.1, 0.15) is 4.88 Å². The van der Waals surface area contributed by atoms with E-state index in [0.717, 1.165) is 21.4 Å². The molecule has 0 atom stereocenters. The molecule has 0 spiro atoms. The van der Waals surface area contributed by atoms with Crippen LogP contribution < -0.4 is 9.47 Å². The third kappa shape index (κ3) is 2.73. The van der Waals surface area contributed by atoms with Crippen molar-refractivity contribution in [2.75, 3.05) is 14.2 Å². The Labute approximate surface area is 139 Å². The Balaban J connectivity index is 2.13. The number of halogens is 1. The number of imidazole rings is 1. The van der Waals surface area contributed by atoms with Gasteiger partial charge in [0.1, 0.15) is 0 Å². The topological polar surface area (TPSA) is 39.2 Å². The zero-order chi connectivity index (χ0) is 15.0. The molecule has 21 heavy (non-hydrogen) atoms. The number of methoxy groups -OCH3 is 2. The van der Waals surface area contributed by atoms with Gasteiger partial charge in [0.05, 0.1) is 35.6 Å². The van der Waals surface area contributed by atoms with Crippen molar-refractivity contribution in [2.45, 2.75) is 6.54 Å². The lowest BCUT2D eigenvalue weighted by Gasteiger charge is -2.08. The van der Waals surface area contributed by atoms with Crippen LogP contribution in [0, 0.1) is 4.77 Å². The summed E-state index contributed by atoms with van der Waals surface area (Å²) in [6.45, 7) is 0.727. The van der Waals surface area contributed by atoms with Crippen LogP contribution in [0.15, 0.2) is 28.1 Å². The Bertz CT molecular complexity index is 850. The van der Waals surface area contributed by atoms with Crippen LogP contribution in [0.5, 0.6) is 11.5 Å². The summed E-state index contributed by atoms with van der Waals surface area (Å²) in [4.78, 5) is 4.45. The molecule has 1 aromatic carbocycles. The Morgan fingerprint density at radius 3 is 2.57 bits per heavy atom. The number of thiophene rings is 1. The zero-order valence-electron chi connectivity index (χ0n) is 11.5. The highest BCUT2D eigenvalue weighted by Gasteiger charge is 2.12. The summed E-state index contributed by atoms with van der Waals surface area (Å²) in [5, 5.41) is 0. The lowest BCUT2D eigenvalue weighted by molar-refractivity contribution is 0.355. The predicted octanol–water partition coefficient (Wildman–Crippen LogP) is 4.59. The van der Waals surface area contributed by atoms with Crippen LogP contribution in [0.25, 0.3) is 11.0 Å². The molecule has 2 heterocycles. The van der Waals surface area contributed by atoms with Gasteiger partial charge in [-0.25, -0.2) is 0 Å². The highest BCUT2D eigenvalue weighted by atomic mass is 79.9. The van der Waals surface area contributed by atoms with Crippen LogP contribution in [0.2, 0.25) is 0 Å². The lowest BCUT2D eigenvalue weighted by Crippen LogP contribution is -1.98. The third-order valence-electron chi connectivity index (χ3n) is 3.22. The van der Waals surface area contributed by atoms with Crippen LogP contribution in [-0.4, -0.2) is 23.8 Å². The van der Waals surface area contributed by atoms with Gasteiger partial charge in [0.15, 0.2) is 16.3 Å². The van der Waals surface area contributed by atoms with Crippen molar-refractivity contribution >= 4 is 50.5 Å². The van der Waals surface area contributed by atoms with Crippen molar-refractivity contribution in [3.05, 3.63) is 37.7 Å². The van der Waals surface area contributed by atoms with E-state index >= 15 is 0 Å². The van der Waals surface area contributed by atoms with Crippen molar-refractivity contribution in [1.82, 2.24) is 9.55 Å². The van der Waals surface area contributed by atoms with Gasteiger partial charge in [-0.05, 0) is 40.3 Å². The first-order valence-corrected chi connectivity index (χ1v) is 8.23. The first-order chi connectivity index (χ1) is 10.1. The van der Waals surface area contributed by atoms with E-state index in [1.54, 1.807) is 25.6 Å². The fourth-order valence-electron chi connectivity index (χ4n) is 2.23. The molecule has 0 aliphatic carbocycles. The van der Waals surface area contributed by atoms with Crippen LogP contribution in [0.4, 0.5) is 0 Å². The molecular weight excluding hydrogens is 372 g/mol. The second-order valence-corrected chi connectivity index (χ2v) is 7.38. The standard InChI is InChI=1S/C14H13BrN2O2S2/c1-18-11-5-9-10(6-12(11)19-2)17(14(20)16-9)7-8-3-4-13(15)21-8/h3-6H,7H2,1-2H3,(H,16,20). The number of hydrogen-bond acceptors (Lipinski definition) is 4. The van der Waals surface area contributed by atoms with E-state index in [1.807, 2.05) is 18.2 Å². The van der Waals surface area contributed by atoms with Gasteiger partial charge in [-0.2, -0.15) is 0 Å². The summed E-state index contributed by atoms with van der Waals surface area (Å²) in [6.07, 6.45) is 0. The van der Waals surface area contributed by atoms with Crippen LogP contribution in [0.3, 0.4) is 0 Å². The first-order valence-electron chi connectivity index (χ1n) is 6.21. The molecule has 0 fully saturated rings. The maximum Gasteiger partial charge on any atom is 0.178 e. The smallest absolute Gasteiger partial charge is 0.178 e. The molecule has 0 amide bonds. The van der Waals surface area contributed by atoms with Gasteiger partial charge in [0, 0.05) is 17.0 Å². The summed E-state index contributed by atoms with van der Waals surface area (Å²) in [5.41, 5.74) is 1.94. The average Bonchev–Trinajstić information content (AvgIpc) is 3.02. The molecule has 3 aromatic rings. The SMILES string of the molecule is COc1cc2[nH]c(=S)n(Cc3ccc(Br)s3)c2cc1OC. The molecule has 0 bridgehead atoms. The number of aromatic amines is 1. The van der Waals surface area contributed by atoms with E-state index in [-0.39, 0.29) is 0 Å². The largest absolute Gasteiger partial charge is 0.493 e. The molecule has 0 radical (unpaired) electrons. The summed E-state index contributed by atoms with van der Waals surface area (Å²) >= 11 is 10.6.